The van der Waals surface area contributed by atoms with Crippen molar-refractivity contribution in [3.05, 3.63) is 28.5 Å². The number of imidazole rings is 1. The minimum absolute atomic E-state index is 0.128. The third-order valence-corrected chi connectivity index (χ3v) is 5.02. The van der Waals surface area contributed by atoms with Crippen molar-refractivity contribution in [1.82, 2.24) is 20.2 Å². The Kier molecular flexibility index (Phi) is 4.99. The molecule has 1 aromatic carbocycles. The maximum atomic E-state index is 12.9. The molecular weight excluding hydrogens is 388 g/mol. The Morgan fingerprint density at radius 1 is 1.44 bits per heavy atom. The van der Waals surface area contributed by atoms with Gasteiger partial charge in [0.25, 0.3) is 0 Å². The van der Waals surface area contributed by atoms with E-state index in [9.17, 15) is 9.59 Å². The third-order valence-electron chi connectivity index (χ3n) is 4.53. The van der Waals surface area contributed by atoms with E-state index in [0.717, 1.165) is 34.2 Å². The first-order valence-electron chi connectivity index (χ1n) is 8.32. The van der Waals surface area contributed by atoms with E-state index in [1.54, 1.807) is 4.90 Å². The maximum Gasteiger partial charge on any atom is 0.405 e. The van der Waals surface area contributed by atoms with Crippen LogP contribution in [0.1, 0.15) is 38.6 Å². The Bertz CT molecular complexity index is 804. The van der Waals surface area contributed by atoms with Crippen LogP contribution < -0.4 is 5.32 Å². The number of nitrogens with one attached hydrogen (secondary N) is 2. The number of carbonyl (C=O) groups is 2. The summed E-state index contributed by atoms with van der Waals surface area (Å²) in [4.78, 5) is 33.6. The first-order valence-corrected chi connectivity index (χ1v) is 9.11. The predicted molar refractivity (Wildman–Crippen MR) is 97.3 cm³/mol. The molecule has 8 heteroatoms. The lowest BCUT2D eigenvalue weighted by Gasteiger charge is -2.29. The van der Waals surface area contributed by atoms with Gasteiger partial charge in [-0.15, -0.1) is 0 Å². The van der Waals surface area contributed by atoms with Gasteiger partial charge in [0.1, 0.15) is 11.9 Å². The molecule has 2 heterocycles. The van der Waals surface area contributed by atoms with Gasteiger partial charge in [-0.3, -0.25) is 4.79 Å². The number of carbonyl (C=O) groups excluding carboxylic acids is 1. The minimum atomic E-state index is -1.18. The Morgan fingerprint density at radius 2 is 2.20 bits per heavy atom. The van der Waals surface area contributed by atoms with E-state index in [1.165, 1.54) is 0 Å². The Labute approximate surface area is 153 Å². The number of hydrogen-bond donors (Lipinski definition) is 3. The van der Waals surface area contributed by atoms with Crippen molar-refractivity contribution in [3.63, 3.8) is 0 Å². The molecule has 0 bridgehead atoms. The number of carboxylic acid groups (broad SMARTS) is 1. The van der Waals surface area contributed by atoms with E-state index in [0.29, 0.717) is 6.54 Å². The van der Waals surface area contributed by atoms with Gasteiger partial charge in [-0.2, -0.15) is 0 Å². The Morgan fingerprint density at radius 3 is 2.88 bits per heavy atom. The Hall–Kier alpha value is -2.09. The number of likely N-dealkylation sites (tertiary alicyclic amines) is 1. The van der Waals surface area contributed by atoms with Crippen LogP contribution in [-0.2, 0) is 4.79 Å². The molecular formula is C17H21BrN4O3. The molecule has 1 saturated heterocycles. The minimum Gasteiger partial charge on any atom is -0.465 e. The summed E-state index contributed by atoms with van der Waals surface area (Å²) in [7, 11) is 0. The highest BCUT2D eigenvalue weighted by Crippen LogP contribution is 2.33. The van der Waals surface area contributed by atoms with E-state index in [2.05, 4.69) is 31.2 Å². The number of nitrogens with zero attached hydrogens (tertiary/aromatic N) is 2. The molecule has 3 N–H and O–H groups in total. The van der Waals surface area contributed by atoms with Gasteiger partial charge >= 0.3 is 6.09 Å². The van der Waals surface area contributed by atoms with Crippen LogP contribution in [0.4, 0.5) is 4.79 Å². The van der Waals surface area contributed by atoms with Gasteiger partial charge in [0.05, 0.1) is 17.1 Å². The largest absolute Gasteiger partial charge is 0.465 e. The van der Waals surface area contributed by atoms with Crippen LogP contribution >= 0.6 is 15.9 Å². The topological polar surface area (TPSA) is 98.3 Å². The van der Waals surface area contributed by atoms with Crippen LogP contribution in [0.5, 0.6) is 0 Å². The van der Waals surface area contributed by atoms with Gasteiger partial charge in [-0.25, -0.2) is 9.78 Å². The number of aromatic amines is 1. The summed E-state index contributed by atoms with van der Waals surface area (Å²) in [5.41, 5.74) is 1.76. The fourth-order valence-electron chi connectivity index (χ4n) is 3.30. The van der Waals surface area contributed by atoms with Crippen molar-refractivity contribution >= 4 is 39.0 Å². The highest BCUT2D eigenvalue weighted by molar-refractivity contribution is 9.10. The molecule has 1 aliphatic rings. The third kappa shape index (κ3) is 3.63. The summed E-state index contributed by atoms with van der Waals surface area (Å²) in [6.45, 7) is 4.28. The monoisotopic (exact) mass is 408 g/mol. The zero-order valence-electron chi connectivity index (χ0n) is 14.1. The summed E-state index contributed by atoms with van der Waals surface area (Å²) in [5, 5.41) is 11.4. The van der Waals surface area contributed by atoms with Crippen molar-refractivity contribution in [3.8, 4) is 0 Å². The quantitative estimate of drug-likeness (QED) is 0.722. The normalized spacial score (nSPS) is 18.7. The van der Waals surface area contributed by atoms with Crippen LogP contribution in [0.15, 0.2) is 22.7 Å². The van der Waals surface area contributed by atoms with Gasteiger partial charge in [-0.05, 0) is 37.0 Å². The van der Waals surface area contributed by atoms with Gasteiger partial charge in [0.15, 0.2) is 0 Å². The molecule has 134 valence electrons. The molecule has 3 rings (SSSR count). The number of aromatic nitrogens is 2. The van der Waals surface area contributed by atoms with Gasteiger partial charge in [0.2, 0.25) is 5.91 Å². The first kappa shape index (κ1) is 17.7. The number of benzene rings is 1. The number of H-pyrrole nitrogens is 1. The molecule has 0 radical (unpaired) electrons. The zero-order valence-corrected chi connectivity index (χ0v) is 15.7. The second-order valence-corrected chi connectivity index (χ2v) is 7.56. The van der Waals surface area contributed by atoms with Gasteiger partial charge in [0, 0.05) is 11.0 Å². The molecule has 25 heavy (non-hydrogen) atoms. The average Bonchev–Trinajstić information content (AvgIpc) is 3.17. The van der Waals surface area contributed by atoms with Crippen LogP contribution in [0.3, 0.4) is 0 Å². The van der Waals surface area contributed by atoms with Crippen LogP contribution in [0.25, 0.3) is 11.0 Å². The molecule has 1 aromatic heterocycles. The molecule has 7 nitrogen and oxygen atoms in total. The number of amides is 2. The van der Waals surface area contributed by atoms with E-state index >= 15 is 0 Å². The number of fused-ring (bicyclic) bond motifs is 1. The fraction of sp³-hybridized carbons (Fsp3) is 0.471. The molecule has 1 fully saturated rings. The lowest BCUT2D eigenvalue weighted by Crippen LogP contribution is -2.50. The summed E-state index contributed by atoms with van der Waals surface area (Å²) in [5.74, 6) is 0.426. The van der Waals surface area contributed by atoms with E-state index in [4.69, 9.17) is 5.11 Å². The smallest absolute Gasteiger partial charge is 0.405 e. The SMILES string of the molecule is CC(C)[C@H](NC(=O)O)C(=O)N1CCC[C@H]1c1nc2ccc(Br)cc2[nH]1. The van der Waals surface area contributed by atoms with Gasteiger partial charge < -0.3 is 20.3 Å². The molecule has 0 spiro atoms. The highest BCUT2D eigenvalue weighted by atomic mass is 79.9. The van der Waals surface area contributed by atoms with Crippen molar-refractivity contribution in [2.75, 3.05) is 6.54 Å². The predicted octanol–water partition coefficient (Wildman–Crippen LogP) is 3.28. The molecule has 0 unspecified atom stereocenters. The van der Waals surface area contributed by atoms with E-state index in [-0.39, 0.29) is 17.9 Å². The van der Waals surface area contributed by atoms with Crippen LogP contribution in [0.2, 0.25) is 0 Å². The van der Waals surface area contributed by atoms with Crippen molar-refractivity contribution in [2.45, 2.75) is 38.8 Å². The van der Waals surface area contributed by atoms with Crippen LogP contribution in [-0.4, -0.2) is 44.6 Å². The molecule has 2 aromatic rings. The number of rotatable bonds is 4. The molecule has 1 aliphatic heterocycles. The zero-order chi connectivity index (χ0) is 18.1. The lowest BCUT2D eigenvalue weighted by molar-refractivity contribution is -0.135. The molecule has 0 saturated carbocycles. The molecule has 2 amide bonds. The van der Waals surface area contributed by atoms with Crippen LogP contribution in [0, 0.1) is 5.92 Å². The average molecular weight is 409 g/mol. The van der Waals surface area contributed by atoms with Crippen molar-refractivity contribution in [2.24, 2.45) is 5.92 Å². The van der Waals surface area contributed by atoms with E-state index < -0.39 is 12.1 Å². The maximum absolute atomic E-state index is 12.9. The first-order chi connectivity index (χ1) is 11.9. The standard InChI is InChI=1S/C17H21BrN4O3/c1-9(2)14(21-17(24)25)16(23)22-7-3-4-13(22)15-19-11-6-5-10(18)8-12(11)20-15/h5-6,8-9,13-14,21H,3-4,7H2,1-2H3,(H,19,20)(H,24,25)/t13-,14-/m0/s1. The second kappa shape index (κ2) is 7.03. The van der Waals surface area contributed by atoms with Crippen molar-refractivity contribution in [1.29, 1.82) is 0 Å². The van der Waals surface area contributed by atoms with Gasteiger partial charge in [-0.1, -0.05) is 29.8 Å². The molecule has 0 aliphatic carbocycles. The summed E-state index contributed by atoms with van der Waals surface area (Å²) in [6, 6.07) is 4.89. The highest BCUT2D eigenvalue weighted by Gasteiger charge is 2.37. The Balaban J connectivity index is 1.87. The lowest BCUT2D eigenvalue weighted by atomic mass is 10.0. The second-order valence-electron chi connectivity index (χ2n) is 6.64. The van der Waals surface area contributed by atoms with Crippen molar-refractivity contribution < 1.29 is 14.7 Å². The summed E-state index contributed by atoms with van der Waals surface area (Å²) in [6.07, 6.45) is 0.496. The summed E-state index contributed by atoms with van der Waals surface area (Å²) >= 11 is 3.44. The molecule has 2 atom stereocenters. The number of hydrogen-bond acceptors (Lipinski definition) is 3. The summed E-state index contributed by atoms with van der Waals surface area (Å²) < 4.78 is 0.958. The number of halogens is 1. The van der Waals surface area contributed by atoms with E-state index in [1.807, 2.05) is 32.0 Å². The fourth-order valence-corrected chi connectivity index (χ4v) is 3.66.